The van der Waals surface area contributed by atoms with Crippen LogP contribution in [0.15, 0.2) is 42.5 Å². The van der Waals surface area contributed by atoms with E-state index in [1.54, 1.807) is 0 Å². The van der Waals surface area contributed by atoms with Crippen molar-refractivity contribution < 1.29 is 4.74 Å². The lowest BCUT2D eigenvalue weighted by Crippen LogP contribution is -2.09. The van der Waals surface area contributed by atoms with E-state index >= 15 is 0 Å². The predicted molar refractivity (Wildman–Crippen MR) is 82.9 cm³/mol. The van der Waals surface area contributed by atoms with Crippen LogP contribution in [0.3, 0.4) is 0 Å². The van der Waals surface area contributed by atoms with E-state index in [9.17, 15) is 0 Å². The molecule has 0 unspecified atom stereocenters. The Morgan fingerprint density at radius 3 is 2.74 bits per heavy atom. The lowest BCUT2D eigenvalue weighted by molar-refractivity contribution is 0.304. The molecular formula is C15H14ClNOS. The van der Waals surface area contributed by atoms with Gasteiger partial charge in [0.15, 0.2) is 0 Å². The first-order valence-electron chi connectivity index (χ1n) is 5.84. The van der Waals surface area contributed by atoms with Gasteiger partial charge < -0.3 is 10.5 Å². The zero-order valence-corrected chi connectivity index (χ0v) is 12.1. The van der Waals surface area contributed by atoms with Crippen LogP contribution in [0, 0.1) is 6.92 Å². The zero-order chi connectivity index (χ0) is 13.8. The summed E-state index contributed by atoms with van der Waals surface area (Å²) in [6.07, 6.45) is 0. The SMILES string of the molecule is Cc1ccc(C(N)=S)cc1OCc1cccc(Cl)c1. The van der Waals surface area contributed by atoms with Gasteiger partial charge in [0.25, 0.3) is 0 Å². The third kappa shape index (κ3) is 3.69. The smallest absolute Gasteiger partial charge is 0.123 e. The monoisotopic (exact) mass is 291 g/mol. The summed E-state index contributed by atoms with van der Waals surface area (Å²) in [5.74, 6) is 0.783. The van der Waals surface area contributed by atoms with Crippen LogP contribution in [-0.4, -0.2) is 4.99 Å². The minimum absolute atomic E-state index is 0.368. The molecule has 0 spiro atoms. The van der Waals surface area contributed by atoms with Crippen LogP contribution in [0.5, 0.6) is 5.75 Å². The summed E-state index contributed by atoms with van der Waals surface area (Å²) in [7, 11) is 0. The molecule has 2 nitrogen and oxygen atoms in total. The number of thiocarbonyl (C=S) groups is 1. The van der Waals surface area contributed by atoms with Gasteiger partial charge in [-0.2, -0.15) is 0 Å². The van der Waals surface area contributed by atoms with Gasteiger partial charge in [-0.25, -0.2) is 0 Å². The van der Waals surface area contributed by atoms with Crippen LogP contribution in [0.4, 0.5) is 0 Å². The highest BCUT2D eigenvalue weighted by molar-refractivity contribution is 7.80. The average Bonchev–Trinajstić information content (AvgIpc) is 2.37. The highest BCUT2D eigenvalue weighted by atomic mass is 35.5. The van der Waals surface area contributed by atoms with E-state index in [2.05, 4.69) is 0 Å². The van der Waals surface area contributed by atoms with E-state index in [-0.39, 0.29) is 0 Å². The summed E-state index contributed by atoms with van der Waals surface area (Å²) < 4.78 is 5.79. The van der Waals surface area contributed by atoms with E-state index < -0.39 is 0 Å². The van der Waals surface area contributed by atoms with Gasteiger partial charge >= 0.3 is 0 Å². The quantitative estimate of drug-likeness (QED) is 0.869. The normalized spacial score (nSPS) is 10.2. The molecule has 0 aromatic heterocycles. The van der Waals surface area contributed by atoms with Crippen molar-refractivity contribution in [2.45, 2.75) is 13.5 Å². The second kappa shape index (κ2) is 6.04. The van der Waals surface area contributed by atoms with Gasteiger partial charge in [0.05, 0.1) is 0 Å². The third-order valence-corrected chi connectivity index (χ3v) is 3.23. The fourth-order valence-electron chi connectivity index (χ4n) is 1.70. The molecule has 0 atom stereocenters. The number of nitrogens with two attached hydrogens (primary N) is 1. The molecule has 2 aromatic rings. The second-order valence-corrected chi connectivity index (χ2v) is 5.14. The topological polar surface area (TPSA) is 35.2 Å². The first kappa shape index (κ1) is 13.8. The number of aryl methyl sites for hydroxylation is 1. The number of hydrogen-bond acceptors (Lipinski definition) is 2. The number of rotatable bonds is 4. The van der Waals surface area contributed by atoms with Crippen molar-refractivity contribution in [3.05, 3.63) is 64.2 Å². The maximum Gasteiger partial charge on any atom is 0.123 e. The first-order valence-corrected chi connectivity index (χ1v) is 6.62. The predicted octanol–water partition coefficient (Wildman–Crippen LogP) is 3.86. The Hall–Kier alpha value is -1.58. The molecule has 0 radical (unpaired) electrons. The Balaban J connectivity index is 2.15. The van der Waals surface area contributed by atoms with Crippen molar-refractivity contribution in [3.8, 4) is 5.75 Å². The van der Waals surface area contributed by atoms with Crippen molar-refractivity contribution in [1.29, 1.82) is 0 Å². The number of hydrogen-bond donors (Lipinski definition) is 1. The van der Waals surface area contributed by atoms with Gasteiger partial charge in [0.2, 0.25) is 0 Å². The van der Waals surface area contributed by atoms with Gasteiger partial charge in [-0.3, -0.25) is 0 Å². The molecule has 0 aliphatic rings. The molecule has 0 amide bonds. The molecule has 2 aromatic carbocycles. The Bertz CT molecular complexity index is 613. The molecule has 0 aliphatic heterocycles. The molecule has 0 saturated heterocycles. The Labute approximate surface area is 123 Å². The number of halogens is 1. The molecule has 0 fully saturated rings. The van der Waals surface area contributed by atoms with Crippen molar-refractivity contribution >= 4 is 28.8 Å². The molecule has 4 heteroatoms. The fourth-order valence-corrected chi connectivity index (χ4v) is 2.04. The second-order valence-electron chi connectivity index (χ2n) is 4.26. The van der Waals surface area contributed by atoms with Gasteiger partial charge in [-0.1, -0.05) is 48.1 Å². The number of benzene rings is 2. The lowest BCUT2D eigenvalue weighted by Gasteiger charge is -2.11. The summed E-state index contributed by atoms with van der Waals surface area (Å²) in [6, 6.07) is 13.3. The van der Waals surface area contributed by atoms with E-state index in [1.165, 1.54) is 0 Å². The van der Waals surface area contributed by atoms with Crippen LogP contribution >= 0.6 is 23.8 Å². The first-order chi connectivity index (χ1) is 9.06. The molecular weight excluding hydrogens is 278 g/mol. The number of ether oxygens (including phenoxy) is 1. The van der Waals surface area contributed by atoms with Crippen LogP contribution < -0.4 is 10.5 Å². The van der Waals surface area contributed by atoms with Crippen LogP contribution in [0.25, 0.3) is 0 Å². The Morgan fingerprint density at radius 2 is 2.05 bits per heavy atom. The largest absolute Gasteiger partial charge is 0.489 e. The Morgan fingerprint density at radius 1 is 1.26 bits per heavy atom. The summed E-state index contributed by atoms with van der Waals surface area (Å²) in [5, 5.41) is 0.703. The summed E-state index contributed by atoms with van der Waals surface area (Å²) in [5.41, 5.74) is 8.49. The molecule has 19 heavy (non-hydrogen) atoms. The van der Waals surface area contributed by atoms with Gasteiger partial charge in [-0.05, 0) is 36.2 Å². The fraction of sp³-hybridized carbons (Fsp3) is 0.133. The Kier molecular flexibility index (Phi) is 4.40. The molecule has 2 rings (SSSR count). The molecule has 0 aliphatic carbocycles. The van der Waals surface area contributed by atoms with E-state index in [0.29, 0.717) is 16.6 Å². The van der Waals surface area contributed by atoms with Crippen molar-refractivity contribution in [1.82, 2.24) is 0 Å². The molecule has 0 saturated carbocycles. The maximum atomic E-state index is 5.94. The van der Waals surface area contributed by atoms with Crippen molar-refractivity contribution in [3.63, 3.8) is 0 Å². The van der Waals surface area contributed by atoms with E-state index in [1.807, 2.05) is 49.4 Å². The van der Waals surface area contributed by atoms with Crippen LogP contribution in [-0.2, 0) is 6.61 Å². The van der Waals surface area contributed by atoms with Crippen LogP contribution in [0.2, 0.25) is 5.02 Å². The molecule has 98 valence electrons. The summed E-state index contributed by atoms with van der Waals surface area (Å²) >= 11 is 10.9. The van der Waals surface area contributed by atoms with Gasteiger partial charge in [-0.15, -0.1) is 0 Å². The zero-order valence-electron chi connectivity index (χ0n) is 10.5. The van der Waals surface area contributed by atoms with Gasteiger partial charge in [0, 0.05) is 10.6 Å². The molecule has 0 bridgehead atoms. The lowest BCUT2D eigenvalue weighted by atomic mass is 10.1. The highest BCUT2D eigenvalue weighted by Gasteiger charge is 2.04. The highest BCUT2D eigenvalue weighted by Crippen LogP contribution is 2.21. The maximum absolute atomic E-state index is 5.94. The van der Waals surface area contributed by atoms with Crippen LogP contribution in [0.1, 0.15) is 16.7 Å². The van der Waals surface area contributed by atoms with E-state index in [0.717, 1.165) is 22.4 Å². The average molecular weight is 292 g/mol. The standard InChI is InChI=1S/C15H14ClNOS/c1-10-5-6-12(15(17)19)8-14(10)18-9-11-3-2-4-13(16)7-11/h2-8H,9H2,1H3,(H2,17,19). The minimum Gasteiger partial charge on any atom is -0.489 e. The van der Waals surface area contributed by atoms with Crippen molar-refractivity contribution in [2.24, 2.45) is 5.73 Å². The van der Waals surface area contributed by atoms with Gasteiger partial charge in [0.1, 0.15) is 17.3 Å². The van der Waals surface area contributed by atoms with Crippen molar-refractivity contribution in [2.75, 3.05) is 0 Å². The van der Waals surface area contributed by atoms with E-state index in [4.69, 9.17) is 34.3 Å². The molecule has 2 N–H and O–H groups in total. The molecule has 0 heterocycles. The summed E-state index contributed by atoms with van der Waals surface area (Å²) in [4.78, 5) is 0.368. The summed E-state index contributed by atoms with van der Waals surface area (Å²) in [6.45, 7) is 2.44. The minimum atomic E-state index is 0.368. The third-order valence-electron chi connectivity index (χ3n) is 2.76.